The predicted molar refractivity (Wildman–Crippen MR) is 73.7 cm³/mol. The zero-order valence-electron chi connectivity index (χ0n) is 12.5. The molecule has 0 heterocycles. The highest BCUT2D eigenvalue weighted by atomic mass is 28.1. The van der Waals surface area contributed by atoms with Crippen LogP contribution < -0.4 is 0 Å². The lowest BCUT2D eigenvalue weighted by Gasteiger charge is -2.45. The molecular formula is C11H23NO7Si. The van der Waals surface area contributed by atoms with Crippen LogP contribution in [0.1, 0.15) is 6.42 Å². The predicted octanol–water partition coefficient (Wildman–Crippen LogP) is -1.41. The highest BCUT2D eigenvalue weighted by molar-refractivity contribution is 6.08. The normalized spacial score (nSPS) is 15.2. The van der Waals surface area contributed by atoms with Gasteiger partial charge in [0, 0.05) is 31.6 Å². The van der Waals surface area contributed by atoms with Crippen molar-refractivity contribution >= 4 is 22.2 Å². The summed E-state index contributed by atoms with van der Waals surface area (Å²) in [6.45, 7) is 0. The van der Waals surface area contributed by atoms with Gasteiger partial charge in [-0.25, -0.2) is 4.90 Å². The standard InChI is InChI=1S/C11H23NO7Si/c1-12(7(10(15)16)5-9(13)14)11(18-3,19-4)8(6-20)17-2/h7-8H,5-6H2,1-4,20H3,(H,13,14)(H,15,16). The van der Waals surface area contributed by atoms with E-state index in [0.29, 0.717) is 6.04 Å². The quantitative estimate of drug-likeness (QED) is 0.375. The van der Waals surface area contributed by atoms with Crippen LogP contribution in [0.5, 0.6) is 0 Å². The number of hydrogen-bond acceptors (Lipinski definition) is 6. The molecule has 0 aromatic rings. The minimum absolute atomic E-state index is 0.523. The van der Waals surface area contributed by atoms with Gasteiger partial charge in [0.2, 0.25) is 0 Å². The number of rotatable bonds is 10. The van der Waals surface area contributed by atoms with E-state index in [4.69, 9.17) is 19.3 Å². The molecule has 118 valence electrons. The second-order valence-corrected chi connectivity index (χ2v) is 5.05. The lowest BCUT2D eigenvalue weighted by atomic mass is 10.1. The van der Waals surface area contributed by atoms with Gasteiger partial charge in [-0.15, -0.1) is 0 Å². The Morgan fingerprint density at radius 1 is 1.25 bits per heavy atom. The van der Waals surface area contributed by atoms with Crippen molar-refractivity contribution in [2.24, 2.45) is 0 Å². The number of ether oxygens (including phenoxy) is 3. The fourth-order valence-electron chi connectivity index (χ4n) is 2.21. The molecule has 0 saturated carbocycles. The van der Waals surface area contributed by atoms with Gasteiger partial charge in [-0.05, 0) is 13.1 Å². The van der Waals surface area contributed by atoms with E-state index >= 15 is 0 Å². The summed E-state index contributed by atoms with van der Waals surface area (Å²) in [4.78, 5) is 23.4. The monoisotopic (exact) mass is 309 g/mol. The molecule has 2 atom stereocenters. The number of carboxylic acid groups (broad SMARTS) is 2. The summed E-state index contributed by atoms with van der Waals surface area (Å²) in [6.07, 6.45) is -1.09. The van der Waals surface area contributed by atoms with Crippen molar-refractivity contribution in [3.05, 3.63) is 0 Å². The van der Waals surface area contributed by atoms with Crippen LogP contribution in [-0.4, -0.2) is 83.7 Å². The molecule has 2 N–H and O–H groups in total. The highest BCUT2D eigenvalue weighted by Crippen LogP contribution is 2.28. The van der Waals surface area contributed by atoms with E-state index in [-0.39, 0.29) is 0 Å². The minimum Gasteiger partial charge on any atom is -0.481 e. The second kappa shape index (κ2) is 8.32. The Hall–Kier alpha value is -1.00. The molecule has 0 fully saturated rings. The maximum absolute atomic E-state index is 11.3. The number of aliphatic carboxylic acids is 2. The average Bonchev–Trinajstić information content (AvgIpc) is 2.41. The van der Waals surface area contributed by atoms with E-state index < -0.39 is 36.4 Å². The van der Waals surface area contributed by atoms with E-state index in [1.807, 2.05) is 0 Å². The summed E-state index contributed by atoms with van der Waals surface area (Å²) in [7, 11) is 6.42. The van der Waals surface area contributed by atoms with Gasteiger partial charge in [0.15, 0.2) is 0 Å². The smallest absolute Gasteiger partial charge is 0.321 e. The molecule has 0 aliphatic rings. The van der Waals surface area contributed by atoms with Crippen molar-refractivity contribution in [2.75, 3.05) is 28.4 Å². The van der Waals surface area contributed by atoms with Gasteiger partial charge in [-0.3, -0.25) is 9.59 Å². The molecule has 0 rings (SSSR count). The Morgan fingerprint density at radius 2 is 1.75 bits per heavy atom. The van der Waals surface area contributed by atoms with Crippen molar-refractivity contribution in [2.45, 2.75) is 30.5 Å². The Kier molecular flexibility index (Phi) is 7.90. The first-order chi connectivity index (χ1) is 9.30. The first-order valence-electron chi connectivity index (χ1n) is 6.11. The Labute approximate surface area is 121 Å². The van der Waals surface area contributed by atoms with Crippen LogP contribution in [0.15, 0.2) is 0 Å². The van der Waals surface area contributed by atoms with Crippen molar-refractivity contribution in [3.63, 3.8) is 0 Å². The second-order valence-electron chi connectivity index (χ2n) is 4.23. The van der Waals surface area contributed by atoms with Crippen LogP contribution in [-0.2, 0) is 23.8 Å². The van der Waals surface area contributed by atoms with Gasteiger partial charge in [-0.1, -0.05) is 0 Å². The molecular weight excluding hydrogens is 286 g/mol. The topological polar surface area (TPSA) is 106 Å². The third-order valence-corrected chi connectivity index (χ3v) is 4.00. The number of carboxylic acids is 2. The molecule has 0 aliphatic carbocycles. The van der Waals surface area contributed by atoms with Crippen LogP contribution in [0.4, 0.5) is 0 Å². The molecule has 0 radical (unpaired) electrons. The molecule has 0 amide bonds. The number of carbonyl (C=O) groups is 2. The molecule has 0 bridgehead atoms. The summed E-state index contributed by atoms with van der Waals surface area (Å²) < 4.78 is 16.0. The fourth-order valence-corrected chi connectivity index (χ4v) is 3.06. The van der Waals surface area contributed by atoms with Gasteiger partial charge in [0.1, 0.15) is 12.1 Å². The van der Waals surface area contributed by atoms with Crippen LogP contribution >= 0.6 is 0 Å². The van der Waals surface area contributed by atoms with Crippen molar-refractivity contribution in [1.82, 2.24) is 4.90 Å². The Balaban J connectivity index is 5.53. The number of methoxy groups -OCH3 is 3. The SMILES string of the molecule is COC(C[SiH3])C(OC)(OC)N(C)C(CC(=O)O)C(=O)O. The summed E-state index contributed by atoms with van der Waals surface area (Å²) in [5.41, 5.74) is 0. The number of likely N-dealkylation sites (N-methyl/N-ethyl adjacent to an activating group) is 1. The summed E-state index contributed by atoms with van der Waals surface area (Å²) >= 11 is 0. The molecule has 9 heteroatoms. The third kappa shape index (κ3) is 3.99. The molecule has 0 aromatic heterocycles. The van der Waals surface area contributed by atoms with E-state index in [0.717, 1.165) is 10.2 Å². The van der Waals surface area contributed by atoms with E-state index in [9.17, 15) is 14.7 Å². The molecule has 20 heavy (non-hydrogen) atoms. The zero-order chi connectivity index (χ0) is 15.9. The summed E-state index contributed by atoms with van der Waals surface area (Å²) in [5.74, 6) is -3.93. The van der Waals surface area contributed by atoms with E-state index in [1.165, 1.54) is 33.3 Å². The maximum Gasteiger partial charge on any atom is 0.321 e. The van der Waals surface area contributed by atoms with Crippen LogP contribution in [0.25, 0.3) is 0 Å². The van der Waals surface area contributed by atoms with Crippen LogP contribution in [0.2, 0.25) is 6.04 Å². The van der Waals surface area contributed by atoms with Gasteiger partial charge >= 0.3 is 11.9 Å². The lowest BCUT2D eigenvalue weighted by molar-refractivity contribution is -0.338. The van der Waals surface area contributed by atoms with Gasteiger partial charge in [0.25, 0.3) is 5.91 Å². The highest BCUT2D eigenvalue weighted by Gasteiger charge is 2.48. The van der Waals surface area contributed by atoms with Crippen molar-refractivity contribution < 1.29 is 34.0 Å². The van der Waals surface area contributed by atoms with Crippen LogP contribution in [0, 0.1) is 0 Å². The van der Waals surface area contributed by atoms with Gasteiger partial charge < -0.3 is 24.4 Å². The minimum atomic E-state index is -1.45. The van der Waals surface area contributed by atoms with Crippen molar-refractivity contribution in [1.29, 1.82) is 0 Å². The summed E-state index contributed by atoms with van der Waals surface area (Å²) in [5, 5.41) is 18.1. The molecule has 0 spiro atoms. The number of hydrogen-bond donors (Lipinski definition) is 2. The van der Waals surface area contributed by atoms with Crippen LogP contribution in [0.3, 0.4) is 0 Å². The third-order valence-electron chi connectivity index (χ3n) is 3.26. The molecule has 0 aliphatic heterocycles. The Bertz CT molecular complexity index is 331. The van der Waals surface area contributed by atoms with E-state index in [1.54, 1.807) is 0 Å². The average molecular weight is 309 g/mol. The zero-order valence-corrected chi connectivity index (χ0v) is 14.5. The number of nitrogens with zero attached hydrogens (tertiary/aromatic N) is 1. The fraction of sp³-hybridized carbons (Fsp3) is 0.818. The molecule has 0 saturated heterocycles. The molecule has 0 aromatic carbocycles. The van der Waals surface area contributed by atoms with Gasteiger partial charge in [0.05, 0.1) is 6.42 Å². The van der Waals surface area contributed by atoms with E-state index in [2.05, 4.69) is 0 Å². The lowest BCUT2D eigenvalue weighted by Crippen LogP contribution is -2.63. The Morgan fingerprint density at radius 3 is 2.00 bits per heavy atom. The molecule has 2 unspecified atom stereocenters. The first kappa shape index (κ1) is 19.0. The maximum atomic E-state index is 11.3. The van der Waals surface area contributed by atoms with Gasteiger partial charge in [-0.2, -0.15) is 0 Å². The largest absolute Gasteiger partial charge is 0.481 e. The molecule has 8 nitrogen and oxygen atoms in total. The van der Waals surface area contributed by atoms with Crippen molar-refractivity contribution in [3.8, 4) is 0 Å². The summed E-state index contributed by atoms with van der Waals surface area (Å²) in [6, 6.07) is -0.666. The first-order valence-corrected chi connectivity index (χ1v) is 7.52.